The number of carbonyl (C=O) groups excluding carboxylic acids is 2. The molecule has 0 saturated carbocycles. The Labute approximate surface area is 153 Å². The van der Waals surface area contributed by atoms with Crippen LogP contribution in [0.4, 0.5) is 10.1 Å². The molecule has 2 aromatic carbocycles. The number of ether oxygens (including phenoxy) is 1. The third-order valence-corrected chi connectivity index (χ3v) is 3.88. The minimum Gasteiger partial charge on any atom is -0.452 e. The Morgan fingerprint density at radius 1 is 1.15 bits per heavy atom. The molecule has 0 aliphatic rings. The number of fused-ring (bicyclic) bond motifs is 1. The van der Waals surface area contributed by atoms with Gasteiger partial charge in [-0.1, -0.05) is 18.2 Å². The van der Waals surface area contributed by atoms with Crippen molar-refractivity contribution in [1.82, 2.24) is 10.2 Å². The van der Waals surface area contributed by atoms with Crippen LogP contribution in [0.2, 0.25) is 0 Å². The molecule has 0 radical (unpaired) electrons. The maximum absolute atomic E-state index is 12.9. The van der Waals surface area contributed by atoms with Gasteiger partial charge < -0.3 is 10.1 Å². The summed E-state index contributed by atoms with van der Waals surface area (Å²) in [7, 11) is 0. The van der Waals surface area contributed by atoms with Gasteiger partial charge in [0.15, 0.2) is 6.10 Å². The summed E-state index contributed by atoms with van der Waals surface area (Å²) >= 11 is 0. The number of carbonyl (C=O) groups is 2. The number of halogens is 1. The molecular formula is C19H16FN3O4. The SMILES string of the molecule is C[C@H](OC(=O)Cc1n[nH]c(=O)c2ccccc12)C(=O)Nc1ccc(F)cc1. The summed E-state index contributed by atoms with van der Waals surface area (Å²) in [6.07, 6.45) is -1.26. The Hall–Kier alpha value is -3.55. The Bertz CT molecular complexity index is 1050. The van der Waals surface area contributed by atoms with Gasteiger partial charge in [0.05, 0.1) is 17.5 Å². The van der Waals surface area contributed by atoms with Crippen LogP contribution in [0.1, 0.15) is 12.6 Å². The third-order valence-electron chi connectivity index (χ3n) is 3.88. The van der Waals surface area contributed by atoms with E-state index >= 15 is 0 Å². The van der Waals surface area contributed by atoms with Gasteiger partial charge in [-0.15, -0.1) is 0 Å². The number of anilines is 1. The van der Waals surface area contributed by atoms with Gasteiger partial charge in [0.25, 0.3) is 11.5 Å². The van der Waals surface area contributed by atoms with E-state index in [-0.39, 0.29) is 12.0 Å². The molecule has 27 heavy (non-hydrogen) atoms. The van der Waals surface area contributed by atoms with Crippen molar-refractivity contribution in [3.05, 3.63) is 70.4 Å². The van der Waals surface area contributed by atoms with Crippen LogP contribution in [0.15, 0.2) is 53.3 Å². The number of benzene rings is 2. The lowest BCUT2D eigenvalue weighted by Gasteiger charge is -2.13. The van der Waals surface area contributed by atoms with Crippen molar-refractivity contribution in [2.75, 3.05) is 5.32 Å². The minimum absolute atomic E-state index is 0.203. The summed E-state index contributed by atoms with van der Waals surface area (Å²) in [5.74, 6) is -1.64. The molecule has 0 fully saturated rings. The molecule has 0 aliphatic carbocycles. The standard InChI is InChI=1S/C19H16FN3O4/c1-11(18(25)21-13-8-6-12(20)7-9-13)27-17(24)10-16-14-4-2-3-5-15(14)19(26)23-22-16/h2-9,11H,10H2,1H3,(H,21,25)(H,23,26)/t11-/m0/s1. The molecule has 3 rings (SSSR count). The minimum atomic E-state index is -1.06. The number of nitrogens with zero attached hydrogens (tertiary/aromatic N) is 1. The van der Waals surface area contributed by atoms with Gasteiger partial charge in [0.2, 0.25) is 0 Å². The van der Waals surface area contributed by atoms with Crippen LogP contribution < -0.4 is 10.9 Å². The average molecular weight is 369 g/mol. The fraction of sp³-hybridized carbons (Fsp3) is 0.158. The predicted octanol–water partition coefficient (Wildman–Crippen LogP) is 2.18. The molecule has 2 N–H and O–H groups in total. The maximum atomic E-state index is 12.9. The molecule has 138 valence electrons. The Morgan fingerprint density at radius 3 is 2.52 bits per heavy atom. The first-order valence-electron chi connectivity index (χ1n) is 8.16. The normalized spacial score (nSPS) is 11.8. The van der Waals surface area contributed by atoms with Crippen LogP contribution in [0.25, 0.3) is 10.8 Å². The number of amides is 1. The molecule has 1 amide bonds. The molecule has 1 heterocycles. The van der Waals surface area contributed by atoms with Crippen molar-refractivity contribution in [3.63, 3.8) is 0 Å². The second-order valence-corrected chi connectivity index (χ2v) is 5.85. The van der Waals surface area contributed by atoms with Crippen molar-refractivity contribution in [1.29, 1.82) is 0 Å². The van der Waals surface area contributed by atoms with E-state index in [4.69, 9.17) is 4.74 Å². The molecule has 0 spiro atoms. The second kappa shape index (κ2) is 7.77. The van der Waals surface area contributed by atoms with Gasteiger partial charge >= 0.3 is 5.97 Å². The summed E-state index contributed by atoms with van der Waals surface area (Å²) in [4.78, 5) is 36.0. The summed E-state index contributed by atoms with van der Waals surface area (Å²) in [5, 5.41) is 9.73. The van der Waals surface area contributed by atoms with Crippen LogP contribution in [-0.4, -0.2) is 28.2 Å². The summed E-state index contributed by atoms with van der Waals surface area (Å²) in [5.41, 5.74) is 0.383. The van der Waals surface area contributed by atoms with E-state index in [9.17, 15) is 18.8 Å². The first kappa shape index (κ1) is 18.2. The Balaban J connectivity index is 1.65. The number of aromatic amines is 1. The third kappa shape index (κ3) is 4.35. The number of esters is 1. The van der Waals surface area contributed by atoms with E-state index < -0.39 is 23.8 Å². The van der Waals surface area contributed by atoms with Crippen LogP contribution in [0.5, 0.6) is 0 Å². The lowest BCUT2D eigenvalue weighted by atomic mass is 10.1. The smallest absolute Gasteiger partial charge is 0.312 e. The van der Waals surface area contributed by atoms with E-state index in [1.54, 1.807) is 24.3 Å². The number of rotatable bonds is 5. The van der Waals surface area contributed by atoms with Crippen LogP contribution in [-0.2, 0) is 20.7 Å². The molecule has 3 aromatic rings. The highest BCUT2D eigenvalue weighted by Crippen LogP contribution is 2.14. The molecule has 0 aliphatic heterocycles. The van der Waals surface area contributed by atoms with Crippen molar-refractivity contribution in [3.8, 4) is 0 Å². The summed E-state index contributed by atoms with van der Waals surface area (Å²) in [6.45, 7) is 1.43. The maximum Gasteiger partial charge on any atom is 0.312 e. The van der Waals surface area contributed by atoms with Gasteiger partial charge in [0.1, 0.15) is 5.82 Å². The number of aromatic nitrogens is 2. The predicted molar refractivity (Wildman–Crippen MR) is 96.7 cm³/mol. The number of hydrogen-bond donors (Lipinski definition) is 2. The molecule has 1 aromatic heterocycles. The highest BCUT2D eigenvalue weighted by Gasteiger charge is 2.19. The first-order chi connectivity index (χ1) is 12.9. The zero-order valence-electron chi connectivity index (χ0n) is 14.4. The first-order valence-corrected chi connectivity index (χ1v) is 8.16. The highest BCUT2D eigenvalue weighted by molar-refractivity contribution is 5.95. The topological polar surface area (TPSA) is 101 Å². The lowest BCUT2D eigenvalue weighted by molar-refractivity contribution is -0.152. The quantitative estimate of drug-likeness (QED) is 0.671. The zero-order chi connectivity index (χ0) is 19.4. The van der Waals surface area contributed by atoms with Gasteiger partial charge in [-0.25, -0.2) is 9.49 Å². The molecule has 1 atom stereocenters. The molecule has 0 bridgehead atoms. The number of H-pyrrole nitrogens is 1. The molecule has 0 unspecified atom stereocenters. The molecule has 8 heteroatoms. The largest absolute Gasteiger partial charge is 0.452 e. The summed E-state index contributed by atoms with van der Waals surface area (Å²) < 4.78 is 18.0. The van der Waals surface area contributed by atoms with E-state index in [2.05, 4.69) is 15.5 Å². The lowest BCUT2D eigenvalue weighted by Crippen LogP contribution is -2.30. The second-order valence-electron chi connectivity index (χ2n) is 5.85. The monoisotopic (exact) mass is 369 g/mol. The number of nitrogens with one attached hydrogen (secondary N) is 2. The number of hydrogen-bond acceptors (Lipinski definition) is 5. The molecule has 0 saturated heterocycles. The van der Waals surface area contributed by atoms with Gasteiger partial charge in [-0.2, -0.15) is 5.10 Å². The van der Waals surface area contributed by atoms with Gasteiger partial charge in [-0.05, 0) is 37.3 Å². The van der Waals surface area contributed by atoms with E-state index in [1.807, 2.05) is 0 Å². The fourth-order valence-corrected chi connectivity index (χ4v) is 2.51. The van der Waals surface area contributed by atoms with E-state index in [1.165, 1.54) is 31.2 Å². The Morgan fingerprint density at radius 2 is 1.81 bits per heavy atom. The van der Waals surface area contributed by atoms with Crippen molar-refractivity contribution < 1.29 is 18.7 Å². The van der Waals surface area contributed by atoms with E-state index in [0.717, 1.165) is 0 Å². The molecular weight excluding hydrogens is 353 g/mol. The summed E-state index contributed by atoms with van der Waals surface area (Å²) in [6, 6.07) is 12.0. The average Bonchev–Trinajstić information content (AvgIpc) is 2.66. The van der Waals surface area contributed by atoms with Gasteiger partial charge in [0, 0.05) is 11.1 Å². The van der Waals surface area contributed by atoms with Crippen molar-refractivity contribution >= 4 is 28.3 Å². The van der Waals surface area contributed by atoms with E-state index in [0.29, 0.717) is 22.2 Å². The van der Waals surface area contributed by atoms with Crippen molar-refractivity contribution in [2.45, 2.75) is 19.4 Å². The van der Waals surface area contributed by atoms with Gasteiger partial charge in [-0.3, -0.25) is 14.4 Å². The van der Waals surface area contributed by atoms with Crippen molar-refractivity contribution in [2.24, 2.45) is 0 Å². The highest BCUT2D eigenvalue weighted by atomic mass is 19.1. The zero-order valence-corrected chi connectivity index (χ0v) is 14.4. The molecule has 7 nitrogen and oxygen atoms in total. The fourth-order valence-electron chi connectivity index (χ4n) is 2.51. The Kier molecular flexibility index (Phi) is 5.25. The van der Waals surface area contributed by atoms with Crippen LogP contribution in [0.3, 0.4) is 0 Å². The van der Waals surface area contributed by atoms with Crippen LogP contribution >= 0.6 is 0 Å². The van der Waals surface area contributed by atoms with Crippen LogP contribution in [0, 0.1) is 5.82 Å².